The Bertz CT molecular complexity index is 3510. The predicted molar refractivity (Wildman–Crippen MR) is 269 cm³/mol. The zero-order valence-electron chi connectivity index (χ0n) is 34.3. The van der Waals surface area contributed by atoms with Crippen LogP contribution in [-0.2, 0) is 0 Å². The van der Waals surface area contributed by atoms with Crippen LogP contribution in [0.15, 0.2) is 249 Å². The van der Waals surface area contributed by atoms with Crippen molar-refractivity contribution in [2.75, 3.05) is 0 Å². The van der Waals surface area contributed by atoms with Gasteiger partial charge in [-0.15, -0.1) is 0 Å². The van der Waals surface area contributed by atoms with Crippen molar-refractivity contribution in [2.24, 2.45) is 0 Å². The molecule has 0 aliphatic rings. The molecule has 0 aliphatic heterocycles. The van der Waals surface area contributed by atoms with Crippen molar-refractivity contribution < 1.29 is 0 Å². The fourth-order valence-electron chi connectivity index (χ4n) is 9.68. The highest BCUT2D eigenvalue weighted by molar-refractivity contribution is 6.22. The third kappa shape index (κ3) is 6.42. The van der Waals surface area contributed by atoms with E-state index in [4.69, 9.17) is 0 Å². The normalized spacial score (nSPS) is 12.0. The molecular weight excluding hydrogens is 745 g/mol. The summed E-state index contributed by atoms with van der Waals surface area (Å²) in [5.41, 5.74) is 13.2. The van der Waals surface area contributed by atoms with Crippen LogP contribution in [0.2, 0.25) is 0 Å². The van der Waals surface area contributed by atoms with Crippen molar-refractivity contribution in [3.05, 3.63) is 260 Å². The molecular formula is C62H42. The SMILES string of the molecule is C=C/C=C\C=C(/c1ccccc1)c1cc(-c2ccccc2-c2cc3ccccc3c3ccccc23)c2cc(-c3c4ccccc4c(-c4ccccc4)c4ccccc34)ccc2c1. The van der Waals surface area contributed by atoms with E-state index in [1.54, 1.807) is 0 Å². The Morgan fingerprint density at radius 1 is 0.306 bits per heavy atom. The van der Waals surface area contributed by atoms with Crippen molar-refractivity contribution >= 4 is 59.4 Å². The summed E-state index contributed by atoms with van der Waals surface area (Å²) in [7, 11) is 0. The Kier molecular flexibility index (Phi) is 9.45. The molecule has 0 bridgehead atoms. The molecule has 62 heavy (non-hydrogen) atoms. The Labute approximate surface area is 362 Å². The first-order valence-corrected chi connectivity index (χ1v) is 21.4. The molecule has 0 spiro atoms. The fourth-order valence-corrected chi connectivity index (χ4v) is 9.68. The van der Waals surface area contributed by atoms with E-state index in [-0.39, 0.29) is 0 Å². The van der Waals surface area contributed by atoms with Crippen LogP contribution in [0.1, 0.15) is 11.1 Å². The largest absolute Gasteiger partial charge is 0.0991 e. The summed E-state index contributed by atoms with van der Waals surface area (Å²) in [5, 5.41) is 12.4. The molecule has 0 N–H and O–H groups in total. The number of rotatable bonds is 8. The van der Waals surface area contributed by atoms with Gasteiger partial charge in [0.25, 0.3) is 0 Å². The van der Waals surface area contributed by atoms with Crippen LogP contribution in [0, 0.1) is 0 Å². The molecule has 0 radical (unpaired) electrons. The molecule has 0 amide bonds. The number of hydrogen-bond acceptors (Lipinski definition) is 0. The van der Waals surface area contributed by atoms with Crippen LogP contribution in [0.5, 0.6) is 0 Å². The van der Waals surface area contributed by atoms with Gasteiger partial charge in [-0.25, -0.2) is 0 Å². The van der Waals surface area contributed by atoms with E-state index in [1.165, 1.54) is 98.4 Å². The lowest BCUT2D eigenvalue weighted by atomic mass is 9.83. The number of benzene rings is 11. The van der Waals surface area contributed by atoms with Gasteiger partial charge in [0.05, 0.1) is 0 Å². The first-order valence-electron chi connectivity index (χ1n) is 21.4. The average Bonchev–Trinajstić information content (AvgIpc) is 3.34. The van der Waals surface area contributed by atoms with E-state index < -0.39 is 0 Å². The molecule has 0 fully saturated rings. The van der Waals surface area contributed by atoms with Crippen molar-refractivity contribution in [3.8, 4) is 44.5 Å². The minimum atomic E-state index is 1.15. The van der Waals surface area contributed by atoms with E-state index in [9.17, 15) is 0 Å². The van der Waals surface area contributed by atoms with Gasteiger partial charge >= 0.3 is 0 Å². The molecule has 0 heteroatoms. The van der Waals surface area contributed by atoms with Crippen LogP contribution in [0.25, 0.3) is 104 Å². The summed E-state index contributed by atoms with van der Waals surface area (Å²) in [6, 6.07) is 80.3. The molecule has 290 valence electrons. The summed E-state index contributed by atoms with van der Waals surface area (Å²) < 4.78 is 0. The summed E-state index contributed by atoms with van der Waals surface area (Å²) >= 11 is 0. The minimum Gasteiger partial charge on any atom is -0.0991 e. The lowest BCUT2D eigenvalue weighted by Gasteiger charge is -2.20. The van der Waals surface area contributed by atoms with Crippen LogP contribution in [0.4, 0.5) is 0 Å². The third-order valence-electron chi connectivity index (χ3n) is 12.4. The van der Waals surface area contributed by atoms with E-state index in [0.717, 1.165) is 16.7 Å². The third-order valence-corrected chi connectivity index (χ3v) is 12.4. The topological polar surface area (TPSA) is 0 Å². The molecule has 0 nitrogen and oxygen atoms in total. The van der Waals surface area contributed by atoms with Crippen LogP contribution in [-0.4, -0.2) is 0 Å². The van der Waals surface area contributed by atoms with Gasteiger partial charge < -0.3 is 0 Å². The van der Waals surface area contributed by atoms with Gasteiger partial charge in [-0.05, 0) is 139 Å². The predicted octanol–water partition coefficient (Wildman–Crippen LogP) is 17.3. The Morgan fingerprint density at radius 3 is 1.45 bits per heavy atom. The molecule has 0 saturated carbocycles. The fraction of sp³-hybridized carbons (Fsp3) is 0. The molecule has 0 atom stereocenters. The molecule has 0 unspecified atom stereocenters. The van der Waals surface area contributed by atoms with Crippen LogP contribution < -0.4 is 0 Å². The summed E-state index contributed by atoms with van der Waals surface area (Å²) in [4.78, 5) is 0. The van der Waals surface area contributed by atoms with E-state index in [2.05, 4.69) is 237 Å². The van der Waals surface area contributed by atoms with Gasteiger partial charge in [-0.1, -0.05) is 225 Å². The number of hydrogen-bond donors (Lipinski definition) is 0. The molecule has 11 aromatic rings. The Morgan fingerprint density at radius 2 is 0.806 bits per heavy atom. The van der Waals surface area contributed by atoms with Gasteiger partial charge in [0.15, 0.2) is 0 Å². The van der Waals surface area contributed by atoms with Crippen molar-refractivity contribution in [1.82, 2.24) is 0 Å². The van der Waals surface area contributed by atoms with Crippen molar-refractivity contribution in [3.63, 3.8) is 0 Å². The first-order chi connectivity index (χ1) is 30.7. The maximum absolute atomic E-state index is 3.95. The van der Waals surface area contributed by atoms with Gasteiger partial charge in [-0.3, -0.25) is 0 Å². The zero-order valence-corrected chi connectivity index (χ0v) is 34.3. The smallest absolute Gasteiger partial charge is 0.00261 e. The second-order valence-corrected chi connectivity index (χ2v) is 16.0. The highest BCUT2D eigenvalue weighted by Crippen LogP contribution is 2.47. The molecule has 0 aromatic heterocycles. The summed E-state index contributed by atoms with van der Waals surface area (Å²) in [6.07, 6.45) is 8.13. The minimum absolute atomic E-state index is 1.15. The second kappa shape index (κ2) is 15.8. The number of allylic oxidation sites excluding steroid dienone is 4. The Balaban J connectivity index is 1.23. The van der Waals surface area contributed by atoms with Crippen molar-refractivity contribution in [1.29, 1.82) is 0 Å². The van der Waals surface area contributed by atoms with Gasteiger partial charge in [0.1, 0.15) is 0 Å². The van der Waals surface area contributed by atoms with Gasteiger partial charge in [0, 0.05) is 0 Å². The summed E-state index contributed by atoms with van der Waals surface area (Å²) in [5.74, 6) is 0. The molecule has 0 saturated heterocycles. The molecule has 11 rings (SSSR count). The second-order valence-electron chi connectivity index (χ2n) is 16.0. The van der Waals surface area contributed by atoms with Crippen LogP contribution >= 0.6 is 0 Å². The highest BCUT2D eigenvalue weighted by Gasteiger charge is 2.20. The molecule has 11 aromatic carbocycles. The lowest BCUT2D eigenvalue weighted by Crippen LogP contribution is -1.94. The maximum atomic E-state index is 3.95. The highest BCUT2D eigenvalue weighted by atomic mass is 14.2. The van der Waals surface area contributed by atoms with Crippen LogP contribution in [0.3, 0.4) is 0 Å². The maximum Gasteiger partial charge on any atom is -0.00261 e. The standard InChI is InChI=1S/C62H42/c1-2-3-6-26-48(42-21-7-4-8-22-42)47-38-45-36-37-46(62-56-34-19-17-32-54(56)61(43-23-9-5-10-24-43)55-33-18-20-35-57(55)62)40-58(45)60(41-47)53-31-16-15-30-52(53)59-39-44-25-11-12-27-49(44)50-28-13-14-29-51(50)59/h2-41H,1H2/b6-3-,48-26+. The van der Waals surface area contributed by atoms with E-state index >= 15 is 0 Å². The Hall–Kier alpha value is -8.06. The number of fused-ring (bicyclic) bond motifs is 6. The molecule has 0 aliphatic carbocycles. The van der Waals surface area contributed by atoms with E-state index in [0.29, 0.717) is 0 Å². The van der Waals surface area contributed by atoms with Gasteiger partial charge in [0.2, 0.25) is 0 Å². The monoisotopic (exact) mass is 786 g/mol. The van der Waals surface area contributed by atoms with E-state index in [1.807, 2.05) is 12.2 Å². The first kappa shape index (κ1) is 37.0. The van der Waals surface area contributed by atoms with Gasteiger partial charge in [-0.2, -0.15) is 0 Å². The zero-order chi connectivity index (χ0) is 41.4. The molecule has 0 heterocycles. The lowest BCUT2D eigenvalue weighted by molar-refractivity contribution is 1.55. The quantitative estimate of drug-likeness (QED) is 0.0818. The summed E-state index contributed by atoms with van der Waals surface area (Å²) in [6.45, 7) is 3.95. The van der Waals surface area contributed by atoms with Crippen molar-refractivity contribution in [2.45, 2.75) is 0 Å². The average molecular weight is 787 g/mol.